The summed E-state index contributed by atoms with van der Waals surface area (Å²) in [5.74, 6) is -1.40. The number of carboxylic acid groups (broad SMARTS) is 1. The molecule has 1 aromatic heterocycles. The zero-order valence-electron chi connectivity index (χ0n) is 15.5. The second-order valence-electron chi connectivity index (χ2n) is 7.28. The van der Waals surface area contributed by atoms with E-state index in [1.165, 1.54) is 4.31 Å². The van der Waals surface area contributed by atoms with Crippen molar-refractivity contribution in [3.05, 3.63) is 11.5 Å². The van der Waals surface area contributed by atoms with Crippen molar-refractivity contribution in [1.82, 2.24) is 14.4 Å². The highest BCUT2D eigenvalue weighted by molar-refractivity contribution is 7.89. The number of sulfonamides is 1. The monoisotopic (exact) mass is 399 g/mol. The number of carboxylic acids is 1. The van der Waals surface area contributed by atoms with Crippen molar-refractivity contribution in [3.8, 4) is 0 Å². The summed E-state index contributed by atoms with van der Waals surface area (Å²) in [6.07, 6.45) is 2.41. The molecule has 1 aliphatic heterocycles. The van der Waals surface area contributed by atoms with Gasteiger partial charge in [0.05, 0.1) is 5.92 Å². The van der Waals surface area contributed by atoms with E-state index >= 15 is 0 Å². The maximum atomic E-state index is 12.8. The number of piperazine rings is 1. The Labute approximate surface area is 158 Å². The van der Waals surface area contributed by atoms with Crippen molar-refractivity contribution in [2.24, 2.45) is 11.8 Å². The number of hydrogen-bond acceptors (Lipinski definition) is 6. The van der Waals surface area contributed by atoms with Crippen LogP contribution in [0.5, 0.6) is 0 Å². The van der Waals surface area contributed by atoms with Gasteiger partial charge >= 0.3 is 5.97 Å². The minimum absolute atomic E-state index is 0.0599. The molecule has 150 valence electrons. The van der Waals surface area contributed by atoms with Crippen molar-refractivity contribution < 1.29 is 27.6 Å². The van der Waals surface area contributed by atoms with Crippen LogP contribution >= 0.6 is 0 Å². The van der Waals surface area contributed by atoms with E-state index in [2.05, 4.69) is 5.16 Å². The fraction of sp³-hybridized carbons (Fsp3) is 0.706. The van der Waals surface area contributed by atoms with Gasteiger partial charge in [0.25, 0.3) is 0 Å². The molecule has 0 radical (unpaired) electrons. The summed E-state index contributed by atoms with van der Waals surface area (Å²) in [5, 5.41) is 12.9. The van der Waals surface area contributed by atoms with Crippen LogP contribution in [0.25, 0.3) is 0 Å². The molecule has 2 unspecified atom stereocenters. The minimum atomic E-state index is -3.71. The number of carbonyl (C=O) groups excluding carboxylic acids is 1. The Bertz CT molecular complexity index is 806. The van der Waals surface area contributed by atoms with Crippen LogP contribution in [-0.2, 0) is 19.6 Å². The highest BCUT2D eigenvalue weighted by Gasteiger charge is 2.37. The lowest BCUT2D eigenvalue weighted by atomic mass is 9.80. The number of aryl methyl sites for hydroxylation is 2. The summed E-state index contributed by atoms with van der Waals surface area (Å²) in [5.41, 5.74) is 0.327. The van der Waals surface area contributed by atoms with Crippen molar-refractivity contribution in [2.45, 2.75) is 44.4 Å². The predicted molar refractivity (Wildman–Crippen MR) is 94.4 cm³/mol. The minimum Gasteiger partial charge on any atom is -0.481 e. The first-order valence-corrected chi connectivity index (χ1v) is 10.6. The van der Waals surface area contributed by atoms with Gasteiger partial charge in [-0.2, -0.15) is 4.31 Å². The van der Waals surface area contributed by atoms with Crippen LogP contribution in [0.2, 0.25) is 0 Å². The van der Waals surface area contributed by atoms with Crippen LogP contribution in [-0.4, -0.2) is 65.9 Å². The molecule has 9 nitrogen and oxygen atoms in total. The molecular formula is C17H25N3O6S. The summed E-state index contributed by atoms with van der Waals surface area (Å²) in [7, 11) is -3.71. The van der Waals surface area contributed by atoms with Gasteiger partial charge in [-0.25, -0.2) is 8.42 Å². The van der Waals surface area contributed by atoms with Gasteiger partial charge in [-0.3, -0.25) is 9.59 Å². The first kappa shape index (κ1) is 19.8. The van der Waals surface area contributed by atoms with Gasteiger partial charge in [0.2, 0.25) is 15.9 Å². The van der Waals surface area contributed by atoms with E-state index in [0.29, 0.717) is 38.0 Å². The summed E-state index contributed by atoms with van der Waals surface area (Å²) >= 11 is 0. The van der Waals surface area contributed by atoms with Gasteiger partial charge in [0.15, 0.2) is 5.76 Å². The lowest BCUT2D eigenvalue weighted by Crippen LogP contribution is -2.52. The zero-order valence-corrected chi connectivity index (χ0v) is 16.4. The van der Waals surface area contributed by atoms with E-state index in [1.807, 2.05) is 0 Å². The van der Waals surface area contributed by atoms with E-state index in [9.17, 15) is 23.1 Å². The predicted octanol–water partition coefficient (Wildman–Crippen LogP) is 1.02. The average Bonchev–Trinajstić information content (AvgIpc) is 3.00. The van der Waals surface area contributed by atoms with Gasteiger partial charge in [-0.15, -0.1) is 0 Å². The number of nitrogens with zero attached hydrogens (tertiary/aromatic N) is 3. The number of rotatable bonds is 4. The lowest BCUT2D eigenvalue weighted by molar-refractivity contribution is -0.145. The molecule has 1 saturated carbocycles. The molecule has 1 amide bonds. The Kier molecular flexibility index (Phi) is 5.57. The maximum absolute atomic E-state index is 12.8. The fourth-order valence-corrected chi connectivity index (χ4v) is 5.73. The molecule has 2 fully saturated rings. The standard InChI is InChI=1S/C17H25N3O6S/c1-11-15(12(2)26-18-11)27(24,25)20-8-6-19(7-9-20)16(21)13-4-3-5-14(10-13)17(22)23/h13-14H,3-10H2,1-2H3,(H,22,23). The van der Waals surface area contributed by atoms with Crippen molar-refractivity contribution in [1.29, 1.82) is 0 Å². The molecule has 0 spiro atoms. The number of hydrogen-bond donors (Lipinski definition) is 1. The summed E-state index contributed by atoms with van der Waals surface area (Å²) < 4.78 is 32.0. The van der Waals surface area contributed by atoms with E-state index in [4.69, 9.17) is 4.52 Å². The van der Waals surface area contributed by atoms with E-state index < -0.39 is 21.9 Å². The van der Waals surface area contributed by atoms with Crippen molar-refractivity contribution >= 4 is 21.9 Å². The highest BCUT2D eigenvalue weighted by atomic mass is 32.2. The molecule has 2 aliphatic rings. The molecular weight excluding hydrogens is 374 g/mol. The molecule has 2 atom stereocenters. The molecule has 3 rings (SSSR count). The molecule has 0 aromatic carbocycles. The van der Waals surface area contributed by atoms with Gasteiger partial charge in [-0.1, -0.05) is 11.6 Å². The second kappa shape index (κ2) is 7.59. The van der Waals surface area contributed by atoms with E-state index in [-0.39, 0.29) is 35.6 Å². The molecule has 1 saturated heterocycles. The van der Waals surface area contributed by atoms with Gasteiger partial charge in [-0.05, 0) is 33.1 Å². The van der Waals surface area contributed by atoms with Gasteiger partial charge in [0.1, 0.15) is 10.6 Å². The van der Waals surface area contributed by atoms with Gasteiger partial charge in [0, 0.05) is 32.1 Å². The van der Waals surface area contributed by atoms with Crippen LogP contribution in [0.15, 0.2) is 9.42 Å². The number of carbonyl (C=O) groups is 2. The molecule has 10 heteroatoms. The first-order valence-electron chi connectivity index (χ1n) is 9.16. The number of aromatic nitrogens is 1. The third-order valence-corrected chi connectivity index (χ3v) is 7.63. The normalized spacial score (nSPS) is 24.7. The van der Waals surface area contributed by atoms with Crippen LogP contribution in [0.1, 0.15) is 37.1 Å². The third kappa shape index (κ3) is 3.86. The average molecular weight is 399 g/mol. The van der Waals surface area contributed by atoms with E-state index in [0.717, 1.165) is 6.42 Å². The molecule has 27 heavy (non-hydrogen) atoms. The molecule has 1 aliphatic carbocycles. The Morgan fingerprint density at radius 1 is 1.11 bits per heavy atom. The van der Waals surface area contributed by atoms with Crippen molar-refractivity contribution in [2.75, 3.05) is 26.2 Å². The molecule has 1 aromatic rings. The SMILES string of the molecule is Cc1noc(C)c1S(=O)(=O)N1CCN(C(=O)C2CCCC(C(=O)O)C2)CC1. The van der Waals surface area contributed by atoms with Crippen LogP contribution < -0.4 is 0 Å². The highest BCUT2D eigenvalue weighted by Crippen LogP contribution is 2.31. The Morgan fingerprint density at radius 3 is 2.30 bits per heavy atom. The Balaban J connectivity index is 1.63. The molecule has 2 heterocycles. The lowest BCUT2D eigenvalue weighted by Gasteiger charge is -2.37. The number of aliphatic carboxylic acids is 1. The largest absolute Gasteiger partial charge is 0.481 e. The Hall–Kier alpha value is -1.94. The first-order chi connectivity index (χ1) is 12.7. The summed E-state index contributed by atoms with van der Waals surface area (Å²) in [4.78, 5) is 25.7. The Morgan fingerprint density at radius 2 is 1.74 bits per heavy atom. The maximum Gasteiger partial charge on any atom is 0.306 e. The molecule has 1 N–H and O–H groups in total. The van der Waals surface area contributed by atoms with E-state index in [1.54, 1.807) is 18.7 Å². The van der Waals surface area contributed by atoms with Crippen LogP contribution in [0.3, 0.4) is 0 Å². The molecule has 0 bridgehead atoms. The van der Waals surface area contributed by atoms with Crippen LogP contribution in [0, 0.1) is 25.7 Å². The quantitative estimate of drug-likeness (QED) is 0.802. The van der Waals surface area contributed by atoms with Crippen LogP contribution in [0.4, 0.5) is 0 Å². The fourth-order valence-electron chi connectivity index (χ4n) is 4.02. The third-order valence-electron chi connectivity index (χ3n) is 5.49. The van der Waals surface area contributed by atoms with Crippen molar-refractivity contribution in [3.63, 3.8) is 0 Å². The summed E-state index contributed by atoms with van der Waals surface area (Å²) in [6.45, 7) is 4.16. The number of amides is 1. The van der Waals surface area contributed by atoms with Gasteiger partial charge < -0.3 is 14.5 Å². The second-order valence-corrected chi connectivity index (χ2v) is 9.16. The smallest absolute Gasteiger partial charge is 0.306 e. The summed E-state index contributed by atoms with van der Waals surface area (Å²) in [6, 6.07) is 0. The zero-order chi connectivity index (χ0) is 19.8. The topological polar surface area (TPSA) is 121 Å².